The number of fused-ring (bicyclic) bond motifs is 1. The van der Waals surface area contributed by atoms with Crippen molar-refractivity contribution in [1.29, 1.82) is 0 Å². The Morgan fingerprint density at radius 2 is 2.03 bits per heavy atom. The highest BCUT2D eigenvalue weighted by molar-refractivity contribution is 7.22. The number of thiazole rings is 1. The molecular formula is C21H21F3N6O3S. The summed E-state index contributed by atoms with van der Waals surface area (Å²) < 4.78 is 40.7. The molecule has 0 aliphatic carbocycles. The highest BCUT2D eigenvalue weighted by Gasteiger charge is 2.33. The summed E-state index contributed by atoms with van der Waals surface area (Å²) in [5.74, 6) is -1.03. The van der Waals surface area contributed by atoms with Crippen molar-refractivity contribution in [3.63, 3.8) is 0 Å². The van der Waals surface area contributed by atoms with Crippen LogP contribution in [0.15, 0.2) is 35.4 Å². The molecule has 1 aromatic carbocycles. The van der Waals surface area contributed by atoms with Crippen LogP contribution in [-0.2, 0) is 22.3 Å². The number of nitrogens with zero attached hydrogens (tertiary/aromatic N) is 4. The smallest absolute Gasteiger partial charge is 0.359 e. The average molecular weight is 494 g/mol. The second kappa shape index (κ2) is 9.41. The van der Waals surface area contributed by atoms with Gasteiger partial charge in [-0.25, -0.2) is 4.98 Å². The molecule has 3 heterocycles. The van der Waals surface area contributed by atoms with Crippen molar-refractivity contribution in [1.82, 2.24) is 19.9 Å². The van der Waals surface area contributed by atoms with E-state index in [1.165, 1.54) is 12.1 Å². The van der Waals surface area contributed by atoms with E-state index >= 15 is 0 Å². The number of benzene rings is 1. The Kier molecular flexibility index (Phi) is 6.55. The summed E-state index contributed by atoms with van der Waals surface area (Å²) in [7, 11) is 1.59. The van der Waals surface area contributed by atoms with Crippen LogP contribution in [0.5, 0.6) is 0 Å². The number of hydrogen-bond donors (Lipinski definition) is 2. The molecule has 0 bridgehead atoms. The van der Waals surface area contributed by atoms with E-state index in [0.717, 1.165) is 47.2 Å². The first-order chi connectivity index (χ1) is 16.2. The first-order valence-corrected chi connectivity index (χ1v) is 11.3. The minimum atomic E-state index is -4.63. The van der Waals surface area contributed by atoms with Crippen LogP contribution in [0.3, 0.4) is 0 Å². The number of amides is 2. The zero-order valence-corrected chi connectivity index (χ0v) is 18.9. The molecule has 9 nitrogen and oxygen atoms in total. The largest absolute Gasteiger partial charge is 0.418 e. The summed E-state index contributed by atoms with van der Waals surface area (Å²) in [5, 5.41) is 5.41. The Morgan fingerprint density at radius 1 is 1.26 bits per heavy atom. The van der Waals surface area contributed by atoms with Gasteiger partial charge in [0, 0.05) is 20.1 Å². The maximum absolute atomic E-state index is 13.2. The van der Waals surface area contributed by atoms with Gasteiger partial charge in [0.15, 0.2) is 10.8 Å². The van der Waals surface area contributed by atoms with E-state index in [4.69, 9.17) is 0 Å². The number of hydrogen-bond acceptors (Lipinski definition) is 7. The second-order valence-electron chi connectivity index (χ2n) is 7.82. The predicted molar refractivity (Wildman–Crippen MR) is 121 cm³/mol. The number of rotatable bonds is 5. The quantitative estimate of drug-likeness (QED) is 0.564. The molecule has 2 N–H and O–H groups in total. The van der Waals surface area contributed by atoms with E-state index in [-0.39, 0.29) is 22.2 Å². The molecule has 13 heteroatoms. The van der Waals surface area contributed by atoms with Crippen LogP contribution in [0.2, 0.25) is 0 Å². The lowest BCUT2D eigenvalue weighted by atomic mass is 9.98. The van der Waals surface area contributed by atoms with Gasteiger partial charge in [-0.05, 0) is 25.0 Å². The highest BCUT2D eigenvalue weighted by Crippen LogP contribution is 2.34. The van der Waals surface area contributed by atoms with E-state index in [9.17, 15) is 27.6 Å². The third-order valence-electron chi connectivity index (χ3n) is 5.50. The number of halogens is 3. The van der Waals surface area contributed by atoms with Crippen molar-refractivity contribution in [2.45, 2.75) is 25.6 Å². The van der Waals surface area contributed by atoms with Gasteiger partial charge in [0.05, 0.1) is 17.2 Å². The summed E-state index contributed by atoms with van der Waals surface area (Å²) in [5.41, 5.74) is -1.68. The minimum Gasteiger partial charge on any atom is -0.359 e. The topological polar surface area (TPSA) is 109 Å². The van der Waals surface area contributed by atoms with Gasteiger partial charge in [0.1, 0.15) is 17.6 Å². The van der Waals surface area contributed by atoms with Gasteiger partial charge in [-0.1, -0.05) is 23.5 Å². The zero-order valence-electron chi connectivity index (χ0n) is 18.1. The fourth-order valence-corrected chi connectivity index (χ4v) is 4.84. The van der Waals surface area contributed by atoms with Gasteiger partial charge in [-0.2, -0.15) is 18.2 Å². The molecule has 3 aromatic rings. The third-order valence-corrected chi connectivity index (χ3v) is 6.60. The lowest BCUT2D eigenvalue weighted by Gasteiger charge is -2.31. The zero-order chi connectivity index (χ0) is 24.5. The van der Waals surface area contributed by atoms with Crippen LogP contribution >= 0.6 is 11.3 Å². The number of carbonyl (C=O) groups excluding carboxylic acids is 2. The van der Waals surface area contributed by atoms with Crippen LogP contribution < -0.4 is 21.1 Å². The molecule has 1 aliphatic rings. The first-order valence-electron chi connectivity index (χ1n) is 10.5. The molecule has 1 fully saturated rings. The summed E-state index contributed by atoms with van der Waals surface area (Å²) in [6.45, 7) is 0.640. The fourth-order valence-electron chi connectivity index (χ4n) is 3.84. The van der Waals surface area contributed by atoms with Crippen molar-refractivity contribution in [2.24, 2.45) is 5.92 Å². The molecule has 0 unspecified atom stereocenters. The number of alkyl halides is 3. The fraction of sp³-hybridized carbons (Fsp3) is 0.381. The third kappa shape index (κ3) is 4.88. The van der Waals surface area contributed by atoms with E-state index < -0.39 is 35.4 Å². The van der Waals surface area contributed by atoms with E-state index in [2.05, 4.69) is 20.6 Å². The van der Waals surface area contributed by atoms with Crippen molar-refractivity contribution in [3.05, 3.63) is 46.5 Å². The van der Waals surface area contributed by atoms with Crippen molar-refractivity contribution >= 4 is 44.3 Å². The molecule has 1 atom stereocenters. The molecule has 180 valence electrons. The molecule has 2 aromatic heterocycles. The number of piperidine rings is 1. The molecule has 0 radical (unpaired) electrons. The maximum atomic E-state index is 13.2. The molecule has 2 amide bonds. The molecule has 0 saturated carbocycles. The Labute approximate surface area is 195 Å². The summed E-state index contributed by atoms with van der Waals surface area (Å²) in [4.78, 5) is 47.8. The number of anilines is 2. The number of nitrogens with one attached hydrogen (secondary N) is 2. The molecule has 1 saturated heterocycles. The summed E-state index contributed by atoms with van der Waals surface area (Å²) >= 11 is 1.11. The van der Waals surface area contributed by atoms with Gasteiger partial charge >= 0.3 is 6.18 Å². The standard InChI is InChI=1S/C21H21F3N6O3S/c1-25-18(32)12-5-4-8-29(9-12)20-28-17-16(34-20)19(33)30(11-26-17)10-15(31)27-14-7-3-2-6-13(14)21(22,23)24/h2-3,6-7,11-12H,4-5,8-10H2,1H3,(H,25,32)(H,27,31)/t12-/m1/s1. The highest BCUT2D eigenvalue weighted by atomic mass is 32.1. The Hall–Kier alpha value is -3.48. The second-order valence-corrected chi connectivity index (χ2v) is 8.80. The van der Waals surface area contributed by atoms with Crippen molar-refractivity contribution in [2.75, 3.05) is 30.4 Å². The number of para-hydroxylation sites is 1. The Morgan fingerprint density at radius 3 is 2.76 bits per heavy atom. The van der Waals surface area contributed by atoms with E-state index in [1.54, 1.807) is 7.05 Å². The van der Waals surface area contributed by atoms with Gasteiger partial charge in [-0.3, -0.25) is 19.0 Å². The molecule has 1 aliphatic heterocycles. The van der Waals surface area contributed by atoms with Gasteiger partial charge < -0.3 is 15.5 Å². The lowest BCUT2D eigenvalue weighted by molar-refractivity contribution is -0.137. The monoisotopic (exact) mass is 494 g/mol. The Bertz CT molecular complexity index is 1290. The predicted octanol–water partition coefficient (Wildman–Crippen LogP) is 2.47. The SMILES string of the molecule is CNC(=O)[C@@H]1CCCN(c2nc3ncn(CC(=O)Nc4ccccc4C(F)(F)F)c(=O)c3s2)C1. The van der Waals surface area contributed by atoms with Gasteiger partial charge in [0.2, 0.25) is 11.8 Å². The van der Waals surface area contributed by atoms with Gasteiger partial charge in [-0.15, -0.1) is 0 Å². The van der Waals surface area contributed by atoms with Crippen LogP contribution in [0.1, 0.15) is 18.4 Å². The normalized spacial score (nSPS) is 16.5. The molecule has 34 heavy (non-hydrogen) atoms. The maximum Gasteiger partial charge on any atom is 0.418 e. The van der Waals surface area contributed by atoms with E-state index in [1.807, 2.05) is 4.90 Å². The average Bonchev–Trinajstić information content (AvgIpc) is 3.25. The molecule has 4 rings (SSSR count). The van der Waals surface area contributed by atoms with Crippen LogP contribution in [0.4, 0.5) is 24.0 Å². The lowest BCUT2D eigenvalue weighted by Crippen LogP contribution is -2.42. The minimum absolute atomic E-state index is 0.0515. The molecule has 0 spiro atoms. The van der Waals surface area contributed by atoms with Crippen molar-refractivity contribution in [3.8, 4) is 0 Å². The van der Waals surface area contributed by atoms with Gasteiger partial charge in [0.25, 0.3) is 5.56 Å². The van der Waals surface area contributed by atoms with Crippen LogP contribution in [0, 0.1) is 5.92 Å². The van der Waals surface area contributed by atoms with Crippen LogP contribution in [-0.4, -0.2) is 46.5 Å². The van der Waals surface area contributed by atoms with Crippen LogP contribution in [0.25, 0.3) is 10.3 Å². The molecular weight excluding hydrogens is 473 g/mol. The van der Waals surface area contributed by atoms with Crippen molar-refractivity contribution < 1.29 is 22.8 Å². The van der Waals surface area contributed by atoms with E-state index in [0.29, 0.717) is 18.2 Å². The number of aromatic nitrogens is 3. The summed E-state index contributed by atoms with van der Waals surface area (Å²) in [6.07, 6.45) is -1.93. The number of carbonyl (C=O) groups is 2. The Balaban J connectivity index is 1.53. The summed E-state index contributed by atoms with van der Waals surface area (Å²) in [6, 6.07) is 4.61. The first kappa shape index (κ1) is 23.7.